The molecule has 1 atom stereocenters. The molecular weight excluding hydrogens is 366 g/mol. The molecule has 0 bridgehead atoms. The van der Waals surface area contributed by atoms with E-state index < -0.39 is 0 Å². The second-order valence-corrected chi connectivity index (χ2v) is 5.84. The molecule has 0 aliphatic carbocycles. The fourth-order valence-electron chi connectivity index (χ4n) is 2.04. The Morgan fingerprint density at radius 2 is 1.85 bits per heavy atom. The Kier molecular flexibility index (Phi) is 4.60. The van der Waals surface area contributed by atoms with Crippen molar-refractivity contribution in [1.82, 2.24) is 0 Å². The summed E-state index contributed by atoms with van der Waals surface area (Å²) in [6.45, 7) is 1.06. The first-order valence-electron chi connectivity index (χ1n) is 6.51. The molecule has 0 radical (unpaired) electrons. The predicted molar refractivity (Wildman–Crippen MR) is 87.3 cm³/mol. The number of hydrogen-bond donors (Lipinski definition) is 0. The molecular formula is C15H14BIO3. The normalized spacial score (nSPS) is 18.2. The van der Waals surface area contributed by atoms with Crippen LogP contribution in [-0.2, 0) is 9.31 Å². The van der Waals surface area contributed by atoms with Crippen molar-refractivity contribution in [2.75, 3.05) is 13.2 Å². The van der Waals surface area contributed by atoms with Crippen LogP contribution in [0.25, 0.3) is 0 Å². The summed E-state index contributed by atoms with van der Waals surface area (Å²) in [6, 6.07) is 17.9. The van der Waals surface area contributed by atoms with Gasteiger partial charge in [-0.05, 0) is 52.3 Å². The summed E-state index contributed by atoms with van der Waals surface area (Å²) in [7, 11) is -0.276. The topological polar surface area (TPSA) is 27.7 Å². The zero-order valence-corrected chi connectivity index (χ0v) is 13.0. The molecule has 5 heteroatoms. The standard InChI is InChI=1S/C15H14BIO3/c17-13-6-8-14(9-7-13)18-10-15-11-19-16(20-15)12-4-2-1-3-5-12/h1-9,15H,10-11H2. The smallest absolute Gasteiger partial charge is 0.491 e. The van der Waals surface area contributed by atoms with Gasteiger partial charge in [0.1, 0.15) is 12.4 Å². The maximum absolute atomic E-state index is 5.84. The lowest BCUT2D eigenvalue weighted by molar-refractivity contribution is 0.148. The Labute approximate surface area is 132 Å². The first kappa shape index (κ1) is 13.9. The lowest BCUT2D eigenvalue weighted by Gasteiger charge is -2.11. The molecule has 3 rings (SSSR count). The minimum absolute atomic E-state index is 0.0283. The van der Waals surface area contributed by atoms with Crippen LogP contribution < -0.4 is 10.2 Å². The highest BCUT2D eigenvalue weighted by Crippen LogP contribution is 2.15. The van der Waals surface area contributed by atoms with E-state index in [4.69, 9.17) is 14.0 Å². The maximum Gasteiger partial charge on any atom is 0.494 e. The third-order valence-corrected chi connectivity index (χ3v) is 3.79. The van der Waals surface area contributed by atoms with Gasteiger partial charge < -0.3 is 14.0 Å². The van der Waals surface area contributed by atoms with Gasteiger partial charge in [-0.2, -0.15) is 0 Å². The largest absolute Gasteiger partial charge is 0.494 e. The van der Waals surface area contributed by atoms with Gasteiger partial charge in [0.2, 0.25) is 0 Å². The van der Waals surface area contributed by atoms with E-state index in [1.54, 1.807) is 0 Å². The third-order valence-electron chi connectivity index (χ3n) is 3.07. The quantitative estimate of drug-likeness (QED) is 0.603. The summed E-state index contributed by atoms with van der Waals surface area (Å²) in [5.74, 6) is 0.858. The second kappa shape index (κ2) is 6.60. The summed E-state index contributed by atoms with van der Waals surface area (Å²) >= 11 is 2.27. The van der Waals surface area contributed by atoms with Crippen molar-refractivity contribution < 1.29 is 14.0 Å². The van der Waals surface area contributed by atoms with Gasteiger partial charge in [0.25, 0.3) is 0 Å². The number of benzene rings is 2. The Morgan fingerprint density at radius 3 is 2.60 bits per heavy atom. The van der Waals surface area contributed by atoms with E-state index in [9.17, 15) is 0 Å². The maximum atomic E-state index is 5.84. The van der Waals surface area contributed by atoms with Crippen molar-refractivity contribution in [1.29, 1.82) is 0 Å². The van der Waals surface area contributed by atoms with Gasteiger partial charge in [-0.3, -0.25) is 0 Å². The van der Waals surface area contributed by atoms with Gasteiger partial charge >= 0.3 is 7.12 Å². The van der Waals surface area contributed by atoms with Gasteiger partial charge in [0.15, 0.2) is 0 Å². The van der Waals surface area contributed by atoms with E-state index in [1.807, 2.05) is 54.6 Å². The van der Waals surface area contributed by atoms with Crippen molar-refractivity contribution in [2.24, 2.45) is 0 Å². The molecule has 1 unspecified atom stereocenters. The molecule has 0 aromatic heterocycles. The van der Waals surface area contributed by atoms with Crippen LogP contribution in [0.15, 0.2) is 54.6 Å². The summed E-state index contributed by atoms with van der Waals surface area (Å²) in [6.07, 6.45) is -0.0283. The Hall–Kier alpha value is -1.05. The first-order valence-corrected chi connectivity index (χ1v) is 7.59. The van der Waals surface area contributed by atoms with Crippen molar-refractivity contribution in [3.8, 4) is 5.75 Å². The number of rotatable bonds is 4. The average molecular weight is 380 g/mol. The molecule has 2 aromatic carbocycles. The van der Waals surface area contributed by atoms with Gasteiger partial charge in [0.05, 0.1) is 12.7 Å². The minimum Gasteiger partial charge on any atom is -0.491 e. The number of ether oxygens (including phenoxy) is 1. The van der Waals surface area contributed by atoms with Crippen molar-refractivity contribution in [3.05, 3.63) is 58.2 Å². The number of hydrogen-bond acceptors (Lipinski definition) is 3. The van der Waals surface area contributed by atoms with Gasteiger partial charge in [-0.1, -0.05) is 30.3 Å². The Balaban J connectivity index is 1.52. The lowest BCUT2D eigenvalue weighted by atomic mass is 9.79. The van der Waals surface area contributed by atoms with Crippen LogP contribution >= 0.6 is 22.6 Å². The molecule has 1 heterocycles. The Bertz CT molecular complexity index is 547. The molecule has 20 heavy (non-hydrogen) atoms. The average Bonchev–Trinajstić information content (AvgIpc) is 2.97. The third kappa shape index (κ3) is 3.53. The molecule has 0 amide bonds. The highest BCUT2D eigenvalue weighted by Gasteiger charge is 2.33. The van der Waals surface area contributed by atoms with Crippen LogP contribution in [0.2, 0.25) is 0 Å². The van der Waals surface area contributed by atoms with Crippen molar-refractivity contribution in [2.45, 2.75) is 6.10 Å². The van der Waals surface area contributed by atoms with E-state index in [0.29, 0.717) is 13.2 Å². The molecule has 1 aliphatic heterocycles. The van der Waals surface area contributed by atoms with Crippen LogP contribution in [0.4, 0.5) is 0 Å². The minimum atomic E-state index is -0.276. The summed E-state index contributed by atoms with van der Waals surface area (Å²) in [5, 5.41) is 0. The summed E-state index contributed by atoms with van der Waals surface area (Å²) in [5.41, 5.74) is 1.05. The summed E-state index contributed by atoms with van der Waals surface area (Å²) in [4.78, 5) is 0. The van der Waals surface area contributed by atoms with Gasteiger partial charge in [0, 0.05) is 3.57 Å². The van der Waals surface area contributed by atoms with E-state index in [1.165, 1.54) is 3.57 Å². The zero-order chi connectivity index (χ0) is 13.8. The van der Waals surface area contributed by atoms with Crippen LogP contribution in [0.1, 0.15) is 0 Å². The van der Waals surface area contributed by atoms with Gasteiger partial charge in [-0.15, -0.1) is 0 Å². The molecule has 0 N–H and O–H groups in total. The predicted octanol–water partition coefficient (Wildman–Crippen LogP) is 2.48. The van der Waals surface area contributed by atoms with E-state index in [-0.39, 0.29) is 13.2 Å². The van der Waals surface area contributed by atoms with Crippen LogP contribution in [0.5, 0.6) is 5.75 Å². The van der Waals surface area contributed by atoms with E-state index >= 15 is 0 Å². The summed E-state index contributed by atoms with van der Waals surface area (Å²) < 4.78 is 18.4. The van der Waals surface area contributed by atoms with Crippen LogP contribution in [0, 0.1) is 3.57 Å². The van der Waals surface area contributed by atoms with E-state index in [2.05, 4.69) is 22.6 Å². The SMILES string of the molecule is Ic1ccc(OCC2COB(c3ccccc3)O2)cc1. The monoisotopic (exact) mass is 380 g/mol. The number of halogens is 1. The Morgan fingerprint density at radius 1 is 1.10 bits per heavy atom. The van der Waals surface area contributed by atoms with Gasteiger partial charge in [-0.25, -0.2) is 0 Å². The molecule has 1 fully saturated rings. The highest BCUT2D eigenvalue weighted by molar-refractivity contribution is 14.1. The second-order valence-electron chi connectivity index (χ2n) is 4.60. The first-order chi connectivity index (χ1) is 9.81. The van der Waals surface area contributed by atoms with Crippen LogP contribution in [0.3, 0.4) is 0 Å². The highest BCUT2D eigenvalue weighted by atomic mass is 127. The fourth-order valence-corrected chi connectivity index (χ4v) is 2.40. The molecule has 2 aromatic rings. The molecule has 3 nitrogen and oxygen atoms in total. The fraction of sp³-hybridized carbons (Fsp3) is 0.200. The molecule has 0 spiro atoms. The van der Waals surface area contributed by atoms with Crippen LogP contribution in [-0.4, -0.2) is 26.4 Å². The molecule has 1 saturated heterocycles. The van der Waals surface area contributed by atoms with E-state index in [0.717, 1.165) is 11.2 Å². The lowest BCUT2D eigenvalue weighted by Crippen LogP contribution is -2.33. The van der Waals surface area contributed by atoms with Crippen molar-refractivity contribution in [3.63, 3.8) is 0 Å². The zero-order valence-electron chi connectivity index (χ0n) is 10.9. The molecule has 0 saturated carbocycles. The van der Waals surface area contributed by atoms with Crippen molar-refractivity contribution >= 4 is 35.2 Å². The molecule has 102 valence electrons. The molecule has 1 aliphatic rings.